The molecule has 3 rings (SSSR count). The largest absolute Gasteiger partial charge is 0.491 e. The zero-order chi connectivity index (χ0) is 9.54. The molecule has 1 aliphatic carbocycles. The number of ether oxygens (including phenoxy) is 1. The maximum absolute atomic E-state index is 5.95. The molecule has 2 nitrogen and oxygen atoms in total. The minimum Gasteiger partial charge on any atom is -0.491 e. The smallest absolute Gasteiger partial charge is 0.127 e. The molecule has 1 aromatic rings. The minimum absolute atomic E-state index is 0.0947. The summed E-state index contributed by atoms with van der Waals surface area (Å²) in [6.07, 6.45) is 4.99. The molecule has 0 fully saturated rings. The lowest BCUT2D eigenvalue weighted by molar-refractivity contribution is 0.329. The van der Waals surface area contributed by atoms with Gasteiger partial charge in [0.1, 0.15) is 12.4 Å². The highest BCUT2D eigenvalue weighted by atomic mass is 16.5. The van der Waals surface area contributed by atoms with Crippen LogP contribution in [0.4, 0.5) is 0 Å². The van der Waals surface area contributed by atoms with E-state index in [9.17, 15) is 0 Å². The molecule has 1 aliphatic heterocycles. The van der Waals surface area contributed by atoms with Gasteiger partial charge in [-0.1, -0.05) is 12.1 Å². The average molecular weight is 189 g/mol. The Kier molecular flexibility index (Phi) is 1.77. The molecule has 2 heteroatoms. The van der Waals surface area contributed by atoms with Crippen LogP contribution in [0.3, 0.4) is 0 Å². The molecular weight excluding hydrogens is 174 g/mol. The van der Waals surface area contributed by atoms with Crippen LogP contribution in [0.5, 0.6) is 5.75 Å². The maximum Gasteiger partial charge on any atom is 0.127 e. The zero-order valence-corrected chi connectivity index (χ0v) is 8.25. The van der Waals surface area contributed by atoms with Crippen molar-refractivity contribution in [3.05, 3.63) is 28.8 Å². The third-order valence-corrected chi connectivity index (χ3v) is 3.32. The number of rotatable bonds is 0. The van der Waals surface area contributed by atoms with Crippen molar-refractivity contribution in [2.24, 2.45) is 5.73 Å². The molecule has 0 aromatic heterocycles. The molecule has 1 heterocycles. The lowest BCUT2D eigenvalue weighted by atomic mass is 9.89. The van der Waals surface area contributed by atoms with E-state index in [1.807, 2.05) is 0 Å². The van der Waals surface area contributed by atoms with Crippen LogP contribution in [0.15, 0.2) is 12.1 Å². The van der Waals surface area contributed by atoms with Crippen LogP contribution in [0, 0.1) is 0 Å². The number of aryl methyl sites for hydroxylation is 1. The highest BCUT2D eigenvalue weighted by Crippen LogP contribution is 2.39. The van der Waals surface area contributed by atoms with E-state index in [2.05, 4.69) is 12.1 Å². The average Bonchev–Trinajstić information content (AvgIpc) is 2.61. The summed E-state index contributed by atoms with van der Waals surface area (Å²) < 4.78 is 5.68. The van der Waals surface area contributed by atoms with Gasteiger partial charge in [0.15, 0.2) is 0 Å². The second-order valence-electron chi connectivity index (χ2n) is 4.25. The molecular formula is C12H15NO. The Balaban J connectivity index is 2.15. The van der Waals surface area contributed by atoms with Crippen LogP contribution < -0.4 is 10.5 Å². The molecule has 0 amide bonds. The van der Waals surface area contributed by atoms with Crippen molar-refractivity contribution in [3.63, 3.8) is 0 Å². The first-order valence-electron chi connectivity index (χ1n) is 5.39. The maximum atomic E-state index is 5.95. The van der Waals surface area contributed by atoms with Crippen molar-refractivity contribution in [3.8, 4) is 5.75 Å². The van der Waals surface area contributed by atoms with E-state index in [0.29, 0.717) is 6.61 Å². The van der Waals surface area contributed by atoms with E-state index in [-0.39, 0.29) is 6.04 Å². The highest BCUT2D eigenvalue weighted by molar-refractivity contribution is 5.50. The predicted octanol–water partition coefficient (Wildman–Crippen LogP) is 1.96. The second kappa shape index (κ2) is 2.99. The summed E-state index contributed by atoms with van der Waals surface area (Å²) >= 11 is 0. The van der Waals surface area contributed by atoms with E-state index < -0.39 is 0 Å². The van der Waals surface area contributed by atoms with E-state index in [4.69, 9.17) is 10.5 Å². The van der Waals surface area contributed by atoms with Gasteiger partial charge in [0.25, 0.3) is 0 Å². The van der Waals surface area contributed by atoms with Gasteiger partial charge in [0.2, 0.25) is 0 Å². The Labute approximate surface area is 84.1 Å². The third-order valence-electron chi connectivity index (χ3n) is 3.32. The van der Waals surface area contributed by atoms with E-state index >= 15 is 0 Å². The van der Waals surface area contributed by atoms with Crippen molar-refractivity contribution in [1.82, 2.24) is 0 Å². The molecule has 0 radical (unpaired) electrons. The summed E-state index contributed by atoms with van der Waals surface area (Å²) in [6, 6.07) is 4.48. The molecule has 1 unspecified atom stereocenters. The fourth-order valence-electron chi connectivity index (χ4n) is 2.54. The Hall–Kier alpha value is -1.02. The number of nitrogens with two attached hydrogens (primary N) is 1. The number of hydrogen-bond acceptors (Lipinski definition) is 2. The number of fused-ring (bicyclic) bond motifs is 3. The van der Waals surface area contributed by atoms with Crippen molar-refractivity contribution in [2.75, 3.05) is 6.61 Å². The normalized spacial score (nSPS) is 23.9. The summed E-state index contributed by atoms with van der Waals surface area (Å²) in [5.74, 6) is 1.11. The van der Waals surface area contributed by atoms with Gasteiger partial charge < -0.3 is 10.5 Å². The molecule has 14 heavy (non-hydrogen) atoms. The van der Waals surface area contributed by atoms with Gasteiger partial charge in [-0.25, -0.2) is 0 Å². The van der Waals surface area contributed by atoms with Gasteiger partial charge in [-0.15, -0.1) is 0 Å². The Morgan fingerprint density at radius 1 is 1.21 bits per heavy atom. The first kappa shape index (κ1) is 8.30. The molecule has 1 atom stereocenters. The summed E-state index contributed by atoms with van der Waals surface area (Å²) in [5, 5.41) is 0. The lowest BCUT2D eigenvalue weighted by Crippen LogP contribution is -2.10. The van der Waals surface area contributed by atoms with Crippen molar-refractivity contribution >= 4 is 0 Å². The van der Waals surface area contributed by atoms with Crippen LogP contribution in [-0.2, 0) is 12.8 Å². The van der Waals surface area contributed by atoms with Gasteiger partial charge in [-0.2, -0.15) is 0 Å². The predicted molar refractivity (Wildman–Crippen MR) is 55.5 cm³/mol. The van der Waals surface area contributed by atoms with E-state index in [1.54, 1.807) is 0 Å². The molecule has 0 saturated heterocycles. The monoisotopic (exact) mass is 189 g/mol. The van der Waals surface area contributed by atoms with Crippen LogP contribution >= 0.6 is 0 Å². The molecule has 2 N–H and O–H groups in total. The van der Waals surface area contributed by atoms with Gasteiger partial charge >= 0.3 is 0 Å². The molecule has 0 spiro atoms. The number of hydrogen-bond donors (Lipinski definition) is 1. The Bertz CT molecular complexity index is 373. The minimum atomic E-state index is 0.0947. The van der Waals surface area contributed by atoms with Crippen LogP contribution in [0.25, 0.3) is 0 Å². The topological polar surface area (TPSA) is 35.2 Å². The molecule has 0 saturated carbocycles. The van der Waals surface area contributed by atoms with Crippen LogP contribution in [-0.4, -0.2) is 6.61 Å². The van der Waals surface area contributed by atoms with Gasteiger partial charge in [0.05, 0.1) is 6.04 Å². The number of benzene rings is 1. The van der Waals surface area contributed by atoms with Gasteiger partial charge in [-0.05, 0) is 36.8 Å². The summed E-state index contributed by atoms with van der Waals surface area (Å²) in [6.45, 7) is 0.659. The van der Waals surface area contributed by atoms with Crippen molar-refractivity contribution in [1.29, 1.82) is 0 Å². The summed E-state index contributed by atoms with van der Waals surface area (Å²) in [7, 11) is 0. The Morgan fingerprint density at radius 3 is 3.00 bits per heavy atom. The highest BCUT2D eigenvalue weighted by Gasteiger charge is 2.25. The second-order valence-corrected chi connectivity index (χ2v) is 4.25. The first-order valence-corrected chi connectivity index (χ1v) is 5.39. The summed E-state index contributed by atoms with van der Waals surface area (Å²) in [4.78, 5) is 0. The molecule has 74 valence electrons. The van der Waals surface area contributed by atoms with Gasteiger partial charge in [0, 0.05) is 5.56 Å². The third kappa shape index (κ3) is 1.07. The molecule has 1 aromatic carbocycles. The van der Waals surface area contributed by atoms with Crippen molar-refractivity contribution < 1.29 is 4.74 Å². The first-order chi connectivity index (χ1) is 6.86. The molecule has 0 bridgehead atoms. The van der Waals surface area contributed by atoms with E-state index in [1.165, 1.54) is 42.4 Å². The van der Waals surface area contributed by atoms with Crippen LogP contribution in [0.2, 0.25) is 0 Å². The van der Waals surface area contributed by atoms with Crippen molar-refractivity contribution in [2.45, 2.75) is 31.7 Å². The fraction of sp³-hybridized carbons (Fsp3) is 0.500. The Morgan fingerprint density at radius 2 is 2.07 bits per heavy atom. The molecule has 2 aliphatic rings. The fourth-order valence-corrected chi connectivity index (χ4v) is 2.54. The van der Waals surface area contributed by atoms with E-state index in [0.717, 1.165) is 5.75 Å². The zero-order valence-electron chi connectivity index (χ0n) is 8.25. The van der Waals surface area contributed by atoms with Gasteiger partial charge in [-0.3, -0.25) is 0 Å². The van der Waals surface area contributed by atoms with Crippen LogP contribution in [0.1, 0.15) is 35.6 Å². The summed E-state index contributed by atoms with van der Waals surface area (Å²) in [5.41, 5.74) is 10.1. The standard InChI is InChI=1S/C12H15NO/c13-11-7-14-12-9-4-2-1-3-8(9)5-6-10(11)12/h5-6,11H,1-4,7,13H2. The quantitative estimate of drug-likeness (QED) is 0.677. The lowest BCUT2D eigenvalue weighted by Gasteiger charge is -2.18. The SMILES string of the molecule is NC1COc2c1ccc1c2CCCC1.